The third-order valence-electron chi connectivity index (χ3n) is 2.84. The normalized spacial score (nSPS) is 14.2. The number of benzene rings is 2. The molecule has 0 aliphatic rings. The Kier molecular flexibility index (Phi) is 4.70. The van der Waals surface area contributed by atoms with E-state index in [2.05, 4.69) is 19.1 Å². The van der Waals surface area contributed by atoms with Gasteiger partial charge < -0.3 is 5.73 Å². The highest BCUT2D eigenvalue weighted by molar-refractivity contribution is 8.00. The summed E-state index contributed by atoms with van der Waals surface area (Å²) in [7, 11) is 0. The molecule has 2 N–H and O–H groups in total. The first-order valence-electron chi connectivity index (χ1n) is 5.90. The van der Waals surface area contributed by atoms with Crippen LogP contribution in [0.25, 0.3) is 0 Å². The fourth-order valence-electron chi connectivity index (χ4n) is 1.76. The van der Waals surface area contributed by atoms with Crippen molar-refractivity contribution < 1.29 is 0 Å². The Hall–Kier alpha value is -0.960. The van der Waals surface area contributed by atoms with Crippen LogP contribution < -0.4 is 5.73 Å². The molecule has 2 aromatic carbocycles. The molecule has 0 spiro atoms. The van der Waals surface area contributed by atoms with Crippen LogP contribution in [-0.4, -0.2) is 5.25 Å². The number of rotatable bonds is 4. The van der Waals surface area contributed by atoms with Gasteiger partial charge in [-0.3, -0.25) is 0 Å². The Morgan fingerprint density at radius 2 is 1.61 bits per heavy atom. The van der Waals surface area contributed by atoms with Gasteiger partial charge in [0, 0.05) is 16.2 Å². The van der Waals surface area contributed by atoms with Crippen molar-refractivity contribution in [1.29, 1.82) is 0 Å². The van der Waals surface area contributed by atoms with Crippen molar-refractivity contribution in [2.24, 2.45) is 5.73 Å². The van der Waals surface area contributed by atoms with Gasteiger partial charge in [-0.15, -0.1) is 11.8 Å². The smallest absolute Gasteiger partial charge is 0.0541 e. The summed E-state index contributed by atoms with van der Waals surface area (Å²) in [4.78, 5) is 1.08. The van der Waals surface area contributed by atoms with Gasteiger partial charge >= 0.3 is 0 Å². The Labute approximate surface area is 117 Å². The lowest BCUT2D eigenvalue weighted by Gasteiger charge is -2.20. The maximum Gasteiger partial charge on any atom is 0.0541 e. The monoisotopic (exact) mass is 277 g/mol. The third kappa shape index (κ3) is 3.29. The molecule has 0 saturated carbocycles. The van der Waals surface area contributed by atoms with E-state index in [1.807, 2.05) is 42.5 Å². The van der Waals surface area contributed by atoms with Gasteiger partial charge in [0.1, 0.15) is 0 Å². The summed E-state index contributed by atoms with van der Waals surface area (Å²) in [5.41, 5.74) is 7.43. The van der Waals surface area contributed by atoms with Crippen LogP contribution in [-0.2, 0) is 0 Å². The molecule has 3 heteroatoms. The van der Waals surface area contributed by atoms with Crippen molar-refractivity contribution >= 4 is 23.4 Å². The van der Waals surface area contributed by atoms with Crippen LogP contribution in [0, 0.1) is 0 Å². The number of hydrogen-bond acceptors (Lipinski definition) is 2. The molecule has 2 unspecified atom stereocenters. The molecule has 0 fully saturated rings. The second-order valence-electron chi connectivity index (χ2n) is 4.19. The van der Waals surface area contributed by atoms with Gasteiger partial charge in [0.2, 0.25) is 0 Å². The zero-order valence-corrected chi connectivity index (χ0v) is 11.8. The number of thioether (sulfide) groups is 1. The van der Waals surface area contributed by atoms with Crippen LogP contribution in [0.4, 0.5) is 0 Å². The second-order valence-corrected chi connectivity index (χ2v) is 6.02. The van der Waals surface area contributed by atoms with E-state index in [0.29, 0.717) is 0 Å². The minimum absolute atomic E-state index is 0.00692. The molecule has 94 valence electrons. The van der Waals surface area contributed by atoms with Crippen LogP contribution in [0.1, 0.15) is 18.5 Å². The van der Waals surface area contributed by atoms with Gasteiger partial charge in [0.25, 0.3) is 0 Å². The lowest BCUT2D eigenvalue weighted by atomic mass is 10.1. The molecule has 0 aromatic heterocycles. The summed E-state index contributed by atoms with van der Waals surface area (Å²) >= 11 is 7.87. The Morgan fingerprint density at radius 1 is 1.00 bits per heavy atom. The fourth-order valence-corrected chi connectivity index (χ4v) is 3.07. The molecule has 0 aliphatic heterocycles. The fraction of sp³-hybridized carbons (Fsp3) is 0.200. The Balaban J connectivity index is 2.09. The lowest BCUT2D eigenvalue weighted by Crippen LogP contribution is -2.20. The first-order chi connectivity index (χ1) is 8.68. The van der Waals surface area contributed by atoms with Gasteiger partial charge in [-0.25, -0.2) is 0 Å². The van der Waals surface area contributed by atoms with Gasteiger partial charge in [-0.1, -0.05) is 61.0 Å². The van der Waals surface area contributed by atoms with Crippen molar-refractivity contribution in [2.75, 3.05) is 0 Å². The van der Waals surface area contributed by atoms with E-state index < -0.39 is 0 Å². The number of nitrogens with two attached hydrogens (primary N) is 1. The van der Waals surface area contributed by atoms with Crippen molar-refractivity contribution in [3.63, 3.8) is 0 Å². The zero-order valence-electron chi connectivity index (χ0n) is 10.2. The highest BCUT2D eigenvalue weighted by Crippen LogP contribution is 2.34. The lowest BCUT2D eigenvalue weighted by molar-refractivity contribution is 0.715. The SMILES string of the molecule is CC(Sc1ccccc1Cl)C(N)c1ccccc1. The van der Waals surface area contributed by atoms with E-state index >= 15 is 0 Å². The van der Waals surface area contributed by atoms with E-state index in [4.69, 9.17) is 17.3 Å². The average molecular weight is 278 g/mol. The van der Waals surface area contributed by atoms with Crippen LogP contribution in [0.2, 0.25) is 5.02 Å². The van der Waals surface area contributed by atoms with E-state index in [-0.39, 0.29) is 11.3 Å². The highest BCUT2D eigenvalue weighted by atomic mass is 35.5. The molecule has 0 amide bonds. The molecule has 2 rings (SSSR count). The van der Waals surface area contributed by atoms with E-state index in [1.54, 1.807) is 11.8 Å². The van der Waals surface area contributed by atoms with Crippen LogP contribution in [0.5, 0.6) is 0 Å². The molecule has 0 saturated heterocycles. The summed E-state index contributed by atoms with van der Waals surface area (Å²) in [6.07, 6.45) is 0. The van der Waals surface area contributed by atoms with Crippen LogP contribution in [0.15, 0.2) is 59.5 Å². The molecule has 1 nitrogen and oxygen atoms in total. The average Bonchev–Trinajstić information content (AvgIpc) is 2.41. The minimum Gasteiger partial charge on any atom is -0.323 e. The Bertz CT molecular complexity index is 501. The predicted molar refractivity (Wildman–Crippen MR) is 80.1 cm³/mol. The predicted octanol–water partition coefficient (Wildman–Crippen LogP) is 4.52. The van der Waals surface area contributed by atoms with Crippen molar-refractivity contribution in [3.8, 4) is 0 Å². The molecule has 0 bridgehead atoms. The van der Waals surface area contributed by atoms with Gasteiger partial charge in [-0.2, -0.15) is 0 Å². The van der Waals surface area contributed by atoms with Gasteiger partial charge in [-0.05, 0) is 17.7 Å². The quantitative estimate of drug-likeness (QED) is 0.832. The summed E-state index contributed by atoms with van der Waals surface area (Å²) in [5.74, 6) is 0. The number of hydrogen-bond donors (Lipinski definition) is 1. The zero-order chi connectivity index (χ0) is 13.0. The molecule has 0 radical (unpaired) electrons. The number of halogens is 1. The van der Waals surface area contributed by atoms with Crippen molar-refractivity contribution in [3.05, 3.63) is 65.2 Å². The molecular formula is C15H16ClNS. The van der Waals surface area contributed by atoms with Gasteiger partial charge in [0.05, 0.1) is 5.02 Å². The minimum atomic E-state index is 0.00692. The third-order valence-corrected chi connectivity index (χ3v) is 4.56. The Morgan fingerprint density at radius 3 is 2.28 bits per heavy atom. The van der Waals surface area contributed by atoms with Crippen molar-refractivity contribution in [1.82, 2.24) is 0 Å². The maximum atomic E-state index is 6.27. The van der Waals surface area contributed by atoms with Crippen LogP contribution >= 0.6 is 23.4 Å². The van der Waals surface area contributed by atoms with Crippen LogP contribution in [0.3, 0.4) is 0 Å². The second kappa shape index (κ2) is 6.28. The first kappa shape index (κ1) is 13.5. The standard InChI is InChI=1S/C15H16ClNS/c1-11(15(17)12-7-3-2-4-8-12)18-14-10-6-5-9-13(14)16/h2-11,15H,17H2,1H3. The van der Waals surface area contributed by atoms with E-state index in [9.17, 15) is 0 Å². The molecule has 18 heavy (non-hydrogen) atoms. The highest BCUT2D eigenvalue weighted by Gasteiger charge is 2.16. The van der Waals surface area contributed by atoms with Crippen molar-refractivity contribution in [2.45, 2.75) is 23.1 Å². The summed E-state index contributed by atoms with van der Waals surface area (Å²) < 4.78 is 0. The summed E-state index contributed by atoms with van der Waals surface area (Å²) in [6, 6.07) is 18.0. The molecule has 0 heterocycles. The first-order valence-corrected chi connectivity index (χ1v) is 7.16. The maximum absolute atomic E-state index is 6.27. The molecule has 0 aliphatic carbocycles. The molecular weight excluding hydrogens is 262 g/mol. The largest absolute Gasteiger partial charge is 0.323 e. The molecule has 2 aromatic rings. The van der Waals surface area contributed by atoms with Gasteiger partial charge in [0.15, 0.2) is 0 Å². The summed E-state index contributed by atoms with van der Waals surface area (Å²) in [6.45, 7) is 2.13. The topological polar surface area (TPSA) is 26.0 Å². The van der Waals surface area contributed by atoms with E-state index in [1.165, 1.54) is 0 Å². The molecule has 2 atom stereocenters. The summed E-state index contributed by atoms with van der Waals surface area (Å²) in [5, 5.41) is 1.06. The van der Waals surface area contributed by atoms with E-state index in [0.717, 1.165) is 15.5 Å².